The number of halogens is 2. The lowest BCUT2D eigenvalue weighted by Gasteiger charge is -2.29. The van der Waals surface area contributed by atoms with Crippen LogP contribution in [0.3, 0.4) is 0 Å². The average molecular weight is 366 g/mol. The zero-order chi connectivity index (χ0) is 13.2. The molecule has 1 aromatic carbocycles. The van der Waals surface area contributed by atoms with E-state index in [0.717, 1.165) is 9.13 Å². The second-order valence-corrected chi connectivity index (χ2v) is 6.46. The van der Waals surface area contributed by atoms with Gasteiger partial charge in [-0.25, -0.2) is 0 Å². The first-order valence-electron chi connectivity index (χ1n) is 5.47. The number of carbonyl (C=O) groups excluding carboxylic acids is 1. The number of alkyl halides is 1. The lowest BCUT2D eigenvalue weighted by Crippen LogP contribution is -2.49. The van der Waals surface area contributed by atoms with Crippen molar-refractivity contribution >= 4 is 40.1 Å². The third kappa shape index (κ3) is 3.58. The molecule has 0 spiro atoms. The van der Waals surface area contributed by atoms with Gasteiger partial charge in [0, 0.05) is 3.57 Å². The number of aryl methyl sites for hydroxylation is 1. The van der Waals surface area contributed by atoms with Crippen LogP contribution in [-0.2, 0) is 0 Å². The monoisotopic (exact) mass is 365 g/mol. The van der Waals surface area contributed by atoms with Gasteiger partial charge in [0.25, 0.3) is 5.91 Å². The fraction of sp³-hybridized carbons (Fsp3) is 0.462. The summed E-state index contributed by atoms with van der Waals surface area (Å²) in [6, 6.07) is 5.72. The molecule has 1 rings (SSSR count). The fourth-order valence-electron chi connectivity index (χ4n) is 1.28. The molecule has 94 valence electrons. The van der Waals surface area contributed by atoms with Crippen LogP contribution in [0.1, 0.15) is 36.7 Å². The van der Waals surface area contributed by atoms with E-state index < -0.39 is 5.54 Å². The summed E-state index contributed by atoms with van der Waals surface area (Å²) in [6.45, 7) is 7.72. The first-order chi connectivity index (χ1) is 7.75. The van der Waals surface area contributed by atoms with Crippen molar-refractivity contribution < 1.29 is 4.79 Å². The molecule has 4 heteroatoms. The second-order valence-electron chi connectivity index (χ2n) is 4.73. The summed E-state index contributed by atoms with van der Waals surface area (Å²) in [6.07, 6.45) is 0. The van der Waals surface area contributed by atoms with E-state index in [0.29, 0.717) is 5.56 Å². The number of rotatable bonds is 3. The summed E-state index contributed by atoms with van der Waals surface area (Å²) >= 11 is 8.25. The molecule has 1 N–H and O–H groups in total. The maximum absolute atomic E-state index is 12.2. The van der Waals surface area contributed by atoms with Crippen molar-refractivity contribution in [3.63, 3.8) is 0 Å². The average Bonchev–Trinajstić information content (AvgIpc) is 2.21. The molecule has 0 fully saturated rings. The quantitative estimate of drug-likeness (QED) is 0.642. The van der Waals surface area contributed by atoms with Crippen LogP contribution in [0.15, 0.2) is 18.2 Å². The molecule has 0 aliphatic carbocycles. The molecular formula is C13H17ClINO. The third-order valence-corrected chi connectivity index (χ3v) is 4.84. The fourth-order valence-corrected chi connectivity index (χ4v) is 1.94. The molecule has 2 nitrogen and oxygen atoms in total. The number of hydrogen-bond acceptors (Lipinski definition) is 1. The van der Waals surface area contributed by atoms with Crippen LogP contribution in [0.5, 0.6) is 0 Å². The van der Waals surface area contributed by atoms with Crippen LogP contribution < -0.4 is 5.32 Å². The Labute approximate surface area is 121 Å². The molecule has 0 saturated carbocycles. The number of amides is 1. The Kier molecular flexibility index (Phi) is 4.84. The smallest absolute Gasteiger partial charge is 0.252 e. The Morgan fingerprint density at radius 2 is 2.06 bits per heavy atom. The molecule has 0 aromatic heterocycles. The van der Waals surface area contributed by atoms with Crippen molar-refractivity contribution in [3.05, 3.63) is 32.9 Å². The summed E-state index contributed by atoms with van der Waals surface area (Å²) in [5, 5.41) is 2.83. The minimum absolute atomic E-state index is 0.0735. The molecule has 0 aliphatic rings. The second kappa shape index (κ2) is 5.57. The number of hydrogen-bond donors (Lipinski definition) is 1. The van der Waals surface area contributed by atoms with Gasteiger partial charge in [-0.05, 0) is 61.9 Å². The van der Waals surface area contributed by atoms with Crippen LogP contribution in [-0.4, -0.2) is 16.8 Å². The molecule has 17 heavy (non-hydrogen) atoms. The normalized spacial score (nSPS) is 13.3. The summed E-state index contributed by atoms with van der Waals surface area (Å²) in [5.41, 5.74) is 1.39. The third-order valence-electron chi connectivity index (χ3n) is 2.87. The zero-order valence-corrected chi connectivity index (χ0v) is 13.4. The Morgan fingerprint density at radius 3 is 2.59 bits per heavy atom. The van der Waals surface area contributed by atoms with Crippen molar-refractivity contribution in [2.75, 3.05) is 0 Å². The van der Waals surface area contributed by atoms with Gasteiger partial charge in [0.15, 0.2) is 0 Å². The van der Waals surface area contributed by atoms with E-state index in [1.807, 2.05) is 45.9 Å². The highest BCUT2D eigenvalue weighted by Crippen LogP contribution is 2.19. The van der Waals surface area contributed by atoms with E-state index in [1.165, 1.54) is 0 Å². The van der Waals surface area contributed by atoms with Crippen molar-refractivity contribution in [3.8, 4) is 0 Å². The van der Waals surface area contributed by atoms with Gasteiger partial charge in [0.05, 0.1) is 16.5 Å². The molecule has 0 heterocycles. The van der Waals surface area contributed by atoms with Gasteiger partial charge in [0.1, 0.15) is 0 Å². The molecule has 1 aromatic rings. The lowest BCUT2D eigenvalue weighted by molar-refractivity contribution is 0.0911. The molecule has 1 unspecified atom stereocenters. The van der Waals surface area contributed by atoms with Crippen LogP contribution in [0.4, 0.5) is 0 Å². The highest BCUT2D eigenvalue weighted by molar-refractivity contribution is 14.1. The van der Waals surface area contributed by atoms with Crippen LogP contribution in [0.25, 0.3) is 0 Å². The van der Waals surface area contributed by atoms with Gasteiger partial charge in [-0.1, -0.05) is 12.1 Å². The maximum atomic E-state index is 12.2. The minimum Gasteiger partial charge on any atom is -0.346 e. The standard InChI is InChI=1S/C13H17ClINO/c1-8-6-5-7-10(11(8)15)12(17)16-13(3,4)9(2)14/h5-7,9H,1-4H3,(H,16,17). The topological polar surface area (TPSA) is 29.1 Å². The Bertz CT molecular complexity index is 429. The van der Waals surface area contributed by atoms with Gasteiger partial charge in [-0.3, -0.25) is 4.79 Å². The van der Waals surface area contributed by atoms with Crippen molar-refractivity contribution in [1.82, 2.24) is 5.32 Å². The lowest BCUT2D eigenvalue weighted by atomic mass is 10.0. The molecule has 0 bridgehead atoms. The highest BCUT2D eigenvalue weighted by atomic mass is 127. The number of nitrogens with one attached hydrogen (secondary N) is 1. The van der Waals surface area contributed by atoms with Crippen molar-refractivity contribution in [2.45, 2.75) is 38.6 Å². The van der Waals surface area contributed by atoms with Gasteiger partial charge >= 0.3 is 0 Å². The Balaban J connectivity index is 2.95. The maximum Gasteiger partial charge on any atom is 0.252 e. The zero-order valence-electron chi connectivity index (χ0n) is 10.5. The van der Waals surface area contributed by atoms with Gasteiger partial charge in [-0.15, -0.1) is 11.6 Å². The molecule has 0 radical (unpaired) electrons. The molecule has 1 atom stereocenters. The molecule has 0 aliphatic heterocycles. The van der Waals surface area contributed by atoms with E-state index in [9.17, 15) is 4.79 Å². The van der Waals surface area contributed by atoms with Crippen LogP contribution >= 0.6 is 34.2 Å². The van der Waals surface area contributed by atoms with Crippen molar-refractivity contribution in [2.24, 2.45) is 0 Å². The van der Waals surface area contributed by atoms with Gasteiger partial charge in [0.2, 0.25) is 0 Å². The van der Waals surface area contributed by atoms with E-state index in [2.05, 4.69) is 27.9 Å². The summed E-state index contributed by atoms with van der Waals surface area (Å²) in [7, 11) is 0. The summed E-state index contributed by atoms with van der Waals surface area (Å²) in [4.78, 5) is 12.2. The first-order valence-corrected chi connectivity index (χ1v) is 6.99. The Hall–Kier alpha value is -0.290. The van der Waals surface area contributed by atoms with Crippen LogP contribution in [0.2, 0.25) is 0 Å². The van der Waals surface area contributed by atoms with Gasteiger partial charge < -0.3 is 5.32 Å². The van der Waals surface area contributed by atoms with E-state index >= 15 is 0 Å². The highest BCUT2D eigenvalue weighted by Gasteiger charge is 2.27. The number of benzene rings is 1. The predicted octanol–water partition coefficient (Wildman–Crippen LogP) is 3.74. The minimum atomic E-state index is -0.425. The Morgan fingerprint density at radius 1 is 1.47 bits per heavy atom. The SMILES string of the molecule is Cc1cccc(C(=O)NC(C)(C)C(C)Cl)c1I. The molecule has 0 saturated heterocycles. The van der Waals surface area contributed by atoms with Crippen LogP contribution in [0, 0.1) is 10.5 Å². The van der Waals surface area contributed by atoms with Gasteiger partial charge in [-0.2, -0.15) is 0 Å². The largest absolute Gasteiger partial charge is 0.346 e. The van der Waals surface area contributed by atoms with E-state index in [4.69, 9.17) is 11.6 Å². The molecular weight excluding hydrogens is 349 g/mol. The summed E-state index contributed by atoms with van der Waals surface area (Å²) < 4.78 is 0.987. The van der Waals surface area contributed by atoms with E-state index in [1.54, 1.807) is 0 Å². The molecule has 1 amide bonds. The predicted molar refractivity (Wildman–Crippen MR) is 80.8 cm³/mol. The van der Waals surface area contributed by atoms with Crippen molar-refractivity contribution in [1.29, 1.82) is 0 Å². The number of carbonyl (C=O) groups is 1. The summed E-state index contributed by atoms with van der Waals surface area (Å²) in [5.74, 6) is -0.0735. The first kappa shape index (κ1) is 14.8. The van der Waals surface area contributed by atoms with E-state index in [-0.39, 0.29) is 11.3 Å².